The standard InChI is InChI=1S/C23H26FN3O6S/c1-23(2,3)33-22(29)27(20-6-9-31-25-20)14-17-13-26(21(28)32-17)16-4-5-18(19(24)12-16)15-7-10-34(30)11-8-15/h4-7,9,12,17H,8,10-11,13-14H2,1-3H3/t17-,34?/m1/s1. The van der Waals surface area contributed by atoms with Crippen LogP contribution in [0, 0.1) is 5.82 Å². The maximum atomic E-state index is 14.9. The van der Waals surface area contributed by atoms with Crippen LogP contribution < -0.4 is 9.80 Å². The van der Waals surface area contributed by atoms with Gasteiger partial charge in [0.1, 0.15) is 23.8 Å². The van der Waals surface area contributed by atoms with E-state index in [0.29, 0.717) is 29.2 Å². The van der Waals surface area contributed by atoms with E-state index >= 15 is 0 Å². The largest absolute Gasteiger partial charge is 0.443 e. The lowest BCUT2D eigenvalue weighted by Crippen LogP contribution is -2.42. The number of anilines is 2. The number of hydrogen-bond acceptors (Lipinski definition) is 7. The molecule has 0 N–H and O–H groups in total. The maximum Gasteiger partial charge on any atom is 0.416 e. The monoisotopic (exact) mass is 491 g/mol. The van der Waals surface area contributed by atoms with Crippen LogP contribution in [-0.2, 0) is 20.3 Å². The summed E-state index contributed by atoms with van der Waals surface area (Å²) >= 11 is 0. The predicted octanol–water partition coefficient (Wildman–Crippen LogP) is 4.12. The van der Waals surface area contributed by atoms with E-state index < -0.39 is 40.5 Å². The first-order valence-corrected chi connectivity index (χ1v) is 12.3. The molecule has 1 unspecified atom stereocenters. The molecule has 1 fully saturated rings. The first kappa shape index (κ1) is 23.9. The molecule has 4 rings (SSSR count). The summed E-state index contributed by atoms with van der Waals surface area (Å²) in [5, 5.41) is 3.80. The third-order valence-electron chi connectivity index (χ3n) is 5.30. The molecule has 0 spiro atoms. The van der Waals surface area contributed by atoms with Crippen LogP contribution in [0.1, 0.15) is 32.8 Å². The fraction of sp³-hybridized carbons (Fsp3) is 0.435. The summed E-state index contributed by atoms with van der Waals surface area (Å²) in [5.41, 5.74) is 0.858. The summed E-state index contributed by atoms with van der Waals surface area (Å²) in [6.45, 7) is 5.31. The second kappa shape index (κ2) is 9.57. The average molecular weight is 492 g/mol. The van der Waals surface area contributed by atoms with Gasteiger partial charge in [-0.15, -0.1) is 0 Å². The first-order chi connectivity index (χ1) is 16.1. The van der Waals surface area contributed by atoms with Gasteiger partial charge >= 0.3 is 12.2 Å². The van der Waals surface area contributed by atoms with Gasteiger partial charge in [-0.25, -0.2) is 14.0 Å². The van der Waals surface area contributed by atoms with Crippen LogP contribution in [-0.4, -0.2) is 57.9 Å². The van der Waals surface area contributed by atoms with Crippen LogP contribution in [0.15, 0.2) is 41.1 Å². The van der Waals surface area contributed by atoms with Crippen molar-refractivity contribution in [2.75, 3.05) is 34.4 Å². The van der Waals surface area contributed by atoms with Gasteiger partial charge in [-0.2, -0.15) is 0 Å². The molecule has 0 saturated carbocycles. The molecule has 2 atom stereocenters. The Hall–Kier alpha value is -3.21. The van der Waals surface area contributed by atoms with Crippen molar-refractivity contribution in [3.8, 4) is 0 Å². The number of carbonyl (C=O) groups is 2. The molecule has 1 aromatic carbocycles. The van der Waals surface area contributed by atoms with Crippen molar-refractivity contribution in [1.29, 1.82) is 0 Å². The van der Waals surface area contributed by atoms with Crippen molar-refractivity contribution in [3.05, 3.63) is 48.0 Å². The molecular weight excluding hydrogens is 465 g/mol. The first-order valence-electron chi connectivity index (χ1n) is 10.8. The highest BCUT2D eigenvalue weighted by Crippen LogP contribution is 2.30. The van der Waals surface area contributed by atoms with Crippen molar-refractivity contribution < 1.29 is 32.2 Å². The fourth-order valence-electron chi connectivity index (χ4n) is 3.73. The van der Waals surface area contributed by atoms with Gasteiger partial charge in [0.15, 0.2) is 5.82 Å². The smallest absolute Gasteiger partial charge is 0.416 e. The van der Waals surface area contributed by atoms with Crippen LogP contribution in [0.4, 0.5) is 25.5 Å². The number of aromatic nitrogens is 1. The Morgan fingerprint density at radius 1 is 1.35 bits per heavy atom. The normalized spacial score (nSPS) is 20.6. The zero-order valence-corrected chi connectivity index (χ0v) is 20.0. The van der Waals surface area contributed by atoms with Crippen molar-refractivity contribution in [2.24, 2.45) is 0 Å². The second-order valence-electron chi connectivity index (χ2n) is 9.02. The summed E-state index contributed by atoms with van der Waals surface area (Å²) in [5.74, 6) is 0.676. The molecule has 2 aromatic rings. The molecule has 34 heavy (non-hydrogen) atoms. The van der Waals surface area contributed by atoms with Crippen molar-refractivity contribution >= 4 is 40.1 Å². The SMILES string of the molecule is CC(C)(C)OC(=O)N(C[C@H]1CN(c2ccc(C3=CCS(=O)CC3)c(F)c2)C(=O)O1)c1ccon1. The number of hydrogen-bond donors (Lipinski definition) is 0. The molecule has 1 aromatic heterocycles. The summed E-state index contributed by atoms with van der Waals surface area (Å²) in [4.78, 5) is 27.8. The molecule has 2 aliphatic heterocycles. The van der Waals surface area contributed by atoms with Crippen LogP contribution in [0.3, 0.4) is 0 Å². The van der Waals surface area contributed by atoms with Crippen molar-refractivity contribution in [3.63, 3.8) is 0 Å². The lowest BCUT2D eigenvalue weighted by atomic mass is 10.0. The summed E-state index contributed by atoms with van der Waals surface area (Å²) in [7, 11) is -0.898. The number of cyclic esters (lactones) is 1. The quantitative estimate of drug-likeness (QED) is 0.620. The number of rotatable bonds is 5. The summed E-state index contributed by atoms with van der Waals surface area (Å²) in [6, 6.07) is 6.06. The molecule has 2 aliphatic rings. The molecular formula is C23H26FN3O6S. The van der Waals surface area contributed by atoms with Crippen LogP contribution >= 0.6 is 0 Å². The minimum absolute atomic E-state index is 0.0196. The highest BCUT2D eigenvalue weighted by atomic mass is 32.2. The van der Waals surface area contributed by atoms with Gasteiger partial charge in [-0.05, 0) is 51.0 Å². The topological polar surface area (TPSA) is 102 Å². The molecule has 0 radical (unpaired) electrons. The molecule has 2 amide bonds. The minimum Gasteiger partial charge on any atom is -0.443 e. The van der Waals surface area contributed by atoms with E-state index in [1.165, 1.54) is 28.2 Å². The van der Waals surface area contributed by atoms with E-state index in [1.54, 1.807) is 39.0 Å². The Labute approximate surface area is 198 Å². The van der Waals surface area contributed by atoms with E-state index in [9.17, 15) is 18.2 Å². The Morgan fingerprint density at radius 3 is 2.76 bits per heavy atom. The highest BCUT2D eigenvalue weighted by molar-refractivity contribution is 7.85. The van der Waals surface area contributed by atoms with Gasteiger partial charge in [0.05, 0.1) is 18.8 Å². The molecule has 3 heterocycles. The Balaban J connectivity index is 1.48. The third kappa shape index (κ3) is 5.46. The minimum atomic E-state index is -0.898. The lowest BCUT2D eigenvalue weighted by Gasteiger charge is -2.26. The Kier molecular flexibility index (Phi) is 6.74. The van der Waals surface area contributed by atoms with Gasteiger partial charge in [-0.1, -0.05) is 11.2 Å². The van der Waals surface area contributed by atoms with Gasteiger partial charge in [0, 0.05) is 33.9 Å². The van der Waals surface area contributed by atoms with Gasteiger partial charge in [0.25, 0.3) is 0 Å². The Bertz CT molecular complexity index is 1130. The molecule has 1 saturated heterocycles. The van der Waals surface area contributed by atoms with E-state index in [4.69, 9.17) is 14.0 Å². The molecule has 11 heteroatoms. The number of nitrogens with zero attached hydrogens (tertiary/aromatic N) is 3. The predicted molar refractivity (Wildman–Crippen MR) is 125 cm³/mol. The average Bonchev–Trinajstić information content (AvgIpc) is 3.41. The summed E-state index contributed by atoms with van der Waals surface area (Å²) < 4.78 is 42.2. The number of ether oxygens (including phenoxy) is 2. The van der Waals surface area contributed by atoms with Gasteiger partial charge in [-0.3, -0.25) is 14.0 Å². The fourth-order valence-corrected chi connectivity index (χ4v) is 4.74. The van der Waals surface area contributed by atoms with Crippen molar-refractivity contribution in [2.45, 2.75) is 38.9 Å². The van der Waals surface area contributed by atoms with E-state index in [0.717, 1.165) is 5.57 Å². The van der Waals surface area contributed by atoms with E-state index in [-0.39, 0.29) is 18.9 Å². The number of carbonyl (C=O) groups excluding carboxylic acids is 2. The lowest BCUT2D eigenvalue weighted by molar-refractivity contribution is 0.0556. The maximum absolute atomic E-state index is 14.9. The van der Waals surface area contributed by atoms with Crippen molar-refractivity contribution in [1.82, 2.24) is 5.16 Å². The summed E-state index contributed by atoms with van der Waals surface area (Å²) in [6.07, 6.45) is 1.66. The molecule has 182 valence electrons. The van der Waals surface area contributed by atoms with Crippen LogP contribution in [0.2, 0.25) is 0 Å². The third-order valence-corrected chi connectivity index (χ3v) is 6.50. The van der Waals surface area contributed by atoms with Crippen LogP contribution in [0.25, 0.3) is 5.57 Å². The number of amides is 2. The zero-order chi connectivity index (χ0) is 24.5. The Morgan fingerprint density at radius 2 is 2.15 bits per heavy atom. The number of benzene rings is 1. The highest BCUT2D eigenvalue weighted by Gasteiger charge is 2.37. The van der Waals surface area contributed by atoms with Gasteiger partial charge in [0.2, 0.25) is 0 Å². The number of allylic oxidation sites excluding steroid dienone is 1. The molecule has 0 bridgehead atoms. The van der Waals surface area contributed by atoms with Crippen LogP contribution in [0.5, 0.6) is 0 Å². The zero-order valence-electron chi connectivity index (χ0n) is 19.2. The molecule has 9 nitrogen and oxygen atoms in total. The number of halogens is 1. The van der Waals surface area contributed by atoms with Gasteiger partial charge < -0.3 is 14.0 Å². The van der Waals surface area contributed by atoms with E-state index in [1.807, 2.05) is 0 Å². The second-order valence-corrected chi connectivity index (χ2v) is 10.6. The molecule has 0 aliphatic carbocycles. The van der Waals surface area contributed by atoms with E-state index in [2.05, 4.69) is 5.16 Å².